The van der Waals surface area contributed by atoms with Crippen LogP contribution in [0, 0.1) is 11.8 Å². The van der Waals surface area contributed by atoms with E-state index in [1.807, 2.05) is 18.2 Å². The Kier molecular flexibility index (Phi) is 5.59. The number of hydrogen-bond acceptors (Lipinski definition) is 2. The van der Waals surface area contributed by atoms with Crippen LogP contribution in [-0.4, -0.2) is 13.1 Å². The Balaban J connectivity index is 2.38. The molecule has 0 amide bonds. The molecule has 0 saturated carbocycles. The zero-order chi connectivity index (χ0) is 16.1. The van der Waals surface area contributed by atoms with Crippen molar-refractivity contribution in [2.45, 2.75) is 39.5 Å². The average molecular weight is 298 g/mol. The maximum atomic E-state index is 12.5. The standard InChI is InChI=1S/C20H26O2/c1-14(2)10-12-17-15(3)11-13-18(19(17)20(21)22-4)16-8-6-5-7-9-16/h5-11,17-19H,12-13H2,1-4H3. The van der Waals surface area contributed by atoms with E-state index in [0.29, 0.717) is 0 Å². The van der Waals surface area contributed by atoms with Crippen LogP contribution in [0.15, 0.2) is 53.6 Å². The quantitative estimate of drug-likeness (QED) is 0.585. The van der Waals surface area contributed by atoms with Crippen molar-refractivity contribution < 1.29 is 9.53 Å². The lowest BCUT2D eigenvalue weighted by atomic mass is 9.68. The summed E-state index contributed by atoms with van der Waals surface area (Å²) in [5, 5.41) is 0. The van der Waals surface area contributed by atoms with E-state index in [9.17, 15) is 4.79 Å². The molecule has 2 nitrogen and oxygen atoms in total. The topological polar surface area (TPSA) is 26.3 Å². The summed E-state index contributed by atoms with van der Waals surface area (Å²) in [7, 11) is 1.50. The van der Waals surface area contributed by atoms with Crippen LogP contribution in [0.25, 0.3) is 0 Å². The van der Waals surface area contributed by atoms with E-state index in [2.05, 4.69) is 45.1 Å². The van der Waals surface area contributed by atoms with Crippen LogP contribution in [0.3, 0.4) is 0 Å². The van der Waals surface area contributed by atoms with Gasteiger partial charge in [-0.1, -0.05) is 53.6 Å². The first-order valence-electron chi connectivity index (χ1n) is 7.97. The fraction of sp³-hybridized carbons (Fsp3) is 0.450. The Morgan fingerprint density at radius 1 is 1.27 bits per heavy atom. The second kappa shape index (κ2) is 7.44. The van der Waals surface area contributed by atoms with Crippen LogP contribution in [0.4, 0.5) is 0 Å². The maximum Gasteiger partial charge on any atom is 0.309 e. The lowest BCUT2D eigenvalue weighted by Gasteiger charge is -2.36. The number of hydrogen-bond donors (Lipinski definition) is 0. The largest absolute Gasteiger partial charge is 0.469 e. The second-order valence-corrected chi connectivity index (χ2v) is 6.37. The Labute approximate surface area is 133 Å². The van der Waals surface area contributed by atoms with Crippen molar-refractivity contribution >= 4 is 5.97 Å². The third-order valence-corrected chi connectivity index (χ3v) is 4.63. The molecule has 22 heavy (non-hydrogen) atoms. The summed E-state index contributed by atoms with van der Waals surface area (Å²) in [6.45, 7) is 6.34. The summed E-state index contributed by atoms with van der Waals surface area (Å²) in [6, 6.07) is 10.3. The molecule has 0 fully saturated rings. The Bertz CT molecular complexity index is 565. The lowest BCUT2D eigenvalue weighted by Crippen LogP contribution is -2.34. The normalized spacial score (nSPS) is 24.4. The van der Waals surface area contributed by atoms with Gasteiger partial charge in [0.1, 0.15) is 0 Å². The molecule has 3 atom stereocenters. The minimum atomic E-state index is -0.104. The molecular formula is C20H26O2. The number of benzene rings is 1. The van der Waals surface area contributed by atoms with Crippen LogP contribution < -0.4 is 0 Å². The number of ether oxygens (including phenoxy) is 1. The molecule has 1 aliphatic carbocycles. The van der Waals surface area contributed by atoms with Gasteiger partial charge in [0.2, 0.25) is 0 Å². The molecule has 0 aliphatic heterocycles. The van der Waals surface area contributed by atoms with Gasteiger partial charge in [0, 0.05) is 5.92 Å². The minimum absolute atomic E-state index is 0.0894. The maximum absolute atomic E-state index is 12.5. The molecule has 0 saturated heterocycles. The highest BCUT2D eigenvalue weighted by Crippen LogP contribution is 2.43. The number of carbonyl (C=O) groups is 1. The van der Waals surface area contributed by atoms with E-state index in [-0.39, 0.29) is 23.7 Å². The summed E-state index contributed by atoms with van der Waals surface area (Å²) in [4.78, 5) is 12.5. The van der Waals surface area contributed by atoms with E-state index in [0.717, 1.165) is 12.8 Å². The fourth-order valence-corrected chi connectivity index (χ4v) is 3.38. The number of carbonyl (C=O) groups excluding carboxylic acids is 1. The molecule has 0 spiro atoms. The third-order valence-electron chi connectivity index (χ3n) is 4.63. The van der Waals surface area contributed by atoms with Crippen LogP contribution >= 0.6 is 0 Å². The van der Waals surface area contributed by atoms with Crippen molar-refractivity contribution in [2.75, 3.05) is 7.11 Å². The van der Waals surface area contributed by atoms with Crippen LogP contribution in [-0.2, 0) is 9.53 Å². The van der Waals surface area contributed by atoms with Gasteiger partial charge >= 0.3 is 5.97 Å². The number of methoxy groups -OCH3 is 1. The summed E-state index contributed by atoms with van der Waals surface area (Å²) < 4.78 is 5.14. The average Bonchev–Trinajstić information content (AvgIpc) is 2.53. The molecule has 1 aromatic carbocycles. The summed E-state index contributed by atoms with van der Waals surface area (Å²) in [5.74, 6) is 0.232. The van der Waals surface area contributed by atoms with E-state index >= 15 is 0 Å². The highest BCUT2D eigenvalue weighted by molar-refractivity contribution is 5.75. The van der Waals surface area contributed by atoms with Crippen LogP contribution in [0.5, 0.6) is 0 Å². The van der Waals surface area contributed by atoms with Crippen LogP contribution in [0.2, 0.25) is 0 Å². The lowest BCUT2D eigenvalue weighted by molar-refractivity contribution is -0.148. The Morgan fingerprint density at radius 2 is 1.95 bits per heavy atom. The SMILES string of the molecule is COC(=O)C1C(CC=C(C)C)C(C)=CCC1c1ccccc1. The van der Waals surface area contributed by atoms with Crippen molar-refractivity contribution in [1.82, 2.24) is 0 Å². The Hall–Kier alpha value is -1.83. The molecule has 1 aliphatic rings. The fourth-order valence-electron chi connectivity index (χ4n) is 3.38. The van der Waals surface area contributed by atoms with Gasteiger partial charge in [-0.15, -0.1) is 0 Å². The van der Waals surface area contributed by atoms with Gasteiger partial charge in [-0.25, -0.2) is 0 Å². The van der Waals surface area contributed by atoms with Gasteiger partial charge < -0.3 is 4.74 Å². The van der Waals surface area contributed by atoms with Gasteiger partial charge in [-0.3, -0.25) is 4.79 Å². The van der Waals surface area contributed by atoms with Crippen LogP contribution in [0.1, 0.15) is 45.1 Å². The third kappa shape index (κ3) is 3.68. The number of esters is 1. The minimum Gasteiger partial charge on any atom is -0.469 e. The van der Waals surface area contributed by atoms with Crippen molar-refractivity contribution in [3.05, 3.63) is 59.2 Å². The van der Waals surface area contributed by atoms with Crippen molar-refractivity contribution in [3.63, 3.8) is 0 Å². The van der Waals surface area contributed by atoms with E-state index in [1.165, 1.54) is 23.8 Å². The predicted molar refractivity (Wildman–Crippen MR) is 90.6 cm³/mol. The Morgan fingerprint density at radius 3 is 2.55 bits per heavy atom. The molecule has 2 rings (SSSR count). The predicted octanol–water partition coefficient (Wildman–Crippen LogP) is 4.88. The summed E-state index contributed by atoms with van der Waals surface area (Å²) in [5.41, 5.74) is 3.82. The first kappa shape index (κ1) is 16.5. The first-order chi connectivity index (χ1) is 10.5. The van der Waals surface area contributed by atoms with Gasteiger partial charge in [0.25, 0.3) is 0 Å². The number of allylic oxidation sites excluding steroid dienone is 4. The van der Waals surface area contributed by atoms with Gasteiger partial charge in [0.05, 0.1) is 13.0 Å². The first-order valence-corrected chi connectivity index (χ1v) is 7.97. The highest BCUT2D eigenvalue weighted by atomic mass is 16.5. The second-order valence-electron chi connectivity index (χ2n) is 6.37. The van der Waals surface area contributed by atoms with E-state index in [4.69, 9.17) is 4.74 Å². The van der Waals surface area contributed by atoms with E-state index in [1.54, 1.807) is 0 Å². The van der Waals surface area contributed by atoms with Gasteiger partial charge in [-0.2, -0.15) is 0 Å². The molecule has 0 radical (unpaired) electrons. The monoisotopic (exact) mass is 298 g/mol. The molecular weight excluding hydrogens is 272 g/mol. The smallest absolute Gasteiger partial charge is 0.309 e. The molecule has 3 unspecified atom stereocenters. The summed E-state index contributed by atoms with van der Waals surface area (Å²) >= 11 is 0. The van der Waals surface area contributed by atoms with Crippen molar-refractivity contribution in [3.8, 4) is 0 Å². The van der Waals surface area contributed by atoms with Crippen molar-refractivity contribution in [2.24, 2.45) is 11.8 Å². The molecule has 0 N–H and O–H groups in total. The van der Waals surface area contributed by atoms with E-state index < -0.39 is 0 Å². The molecule has 118 valence electrons. The molecule has 2 heteroatoms. The van der Waals surface area contributed by atoms with Crippen molar-refractivity contribution in [1.29, 1.82) is 0 Å². The van der Waals surface area contributed by atoms with Gasteiger partial charge in [-0.05, 0) is 45.1 Å². The molecule has 0 aromatic heterocycles. The zero-order valence-corrected chi connectivity index (χ0v) is 14.0. The molecule has 0 heterocycles. The summed E-state index contributed by atoms with van der Waals surface area (Å²) in [6.07, 6.45) is 6.32. The molecule has 1 aromatic rings. The highest BCUT2D eigenvalue weighted by Gasteiger charge is 2.39. The number of rotatable bonds is 4. The molecule has 0 bridgehead atoms. The zero-order valence-electron chi connectivity index (χ0n) is 14.0. The van der Waals surface area contributed by atoms with Gasteiger partial charge in [0.15, 0.2) is 0 Å².